The molecule has 2 aromatic carbocycles. The van der Waals surface area contributed by atoms with Crippen LogP contribution in [-0.2, 0) is 13.1 Å². The molecular formula is C23H29ClN4. The second-order valence-corrected chi connectivity index (χ2v) is 7.55. The van der Waals surface area contributed by atoms with Crippen LogP contribution in [0.2, 0.25) is 5.02 Å². The van der Waals surface area contributed by atoms with Crippen LogP contribution in [0.25, 0.3) is 11.3 Å². The molecule has 0 unspecified atom stereocenters. The molecule has 3 aromatic rings. The number of aromatic nitrogens is 3. The van der Waals surface area contributed by atoms with Crippen LogP contribution in [0.3, 0.4) is 0 Å². The van der Waals surface area contributed by atoms with Gasteiger partial charge in [-0.3, -0.25) is 0 Å². The third kappa shape index (κ3) is 6.18. The topological polar surface area (TPSA) is 42.7 Å². The molecule has 0 fully saturated rings. The van der Waals surface area contributed by atoms with Crippen LogP contribution in [0.15, 0.2) is 54.6 Å². The molecule has 28 heavy (non-hydrogen) atoms. The molecule has 3 rings (SSSR count). The van der Waals surface area contributed by atoms with E-state index in [9.17, 15) is 0 Å². The molecule has 148 valence electrons. The summed E-state index contributed by atoms with van der Waals surface area (Å²) in [6.07, 6.45) is 6.42. The number of nitrogens with one attached hydrogen (secondary N) is 1. The molecule has 1 aromatic heterocycles. The molecular weight excluding hydrogens is 368 g/mol. The third-order valence-electron chi connectivity index (χ3n) is 4.73. The minimum absolute atomic E-state index is 0.609. The summed E-state index contributed by atoms with van der Waals surface area (Å²) >= 11 is 6.11. The first-order chi connectivity index (χ1) is 13.8. The molecule has 0 aliphatic rings. The first kappa shape index (κ1) is 20.6. The lowest BCUT2D eigenvalue weighted by molar-refractivity contribution is 0.561. The summed E-state index contributed by atoms with van der Waals surface area (Å²) in [5.41, 5.74) is 4.13. The van der Waals surface area contributed by atoms with E-state index in [1.807, 2.05) is 42.5 Å². The largest absolute Gasteiger partial charge is 0.311 e. The van der Waals surface area contributed by atoms with Crippen molar-refractivity contribution in [1.82, 2.24) is 20.3 Å². The molecule has 0 saturated heterocycles. The molecule has 0 saturated carbocycles. The van der Waals surface area contributed by atoms with E-state index < -0.39 is 0 Å². The van der Waals surface area contributed by atoms with E-state index in [1.165, 1.54) is 32.1 Å². The first-order valence-electron chi connectivity index (χ1n) is 10.2. The highest BCUT2D eigenvalue weighted by molar-refractivity contribution is 6.30. The maximum atomic E-state index is 6.11. The van der Waals surface area contributed by atoms with Gasteiger partial charge in [0.05, 0.1) is 6.54 Å². The van der Waals surface area contributed by atoms with Gasteiger partial charge < -0.3 is 5.32 Å². The van der Waals surface area contributed by atoms with Crippen LogP contribution in [0, 0.1) is 0 Å². The quantitative estimate of drug-likeness (QED) is 0.422. The van der Waals surface area contributed by atoms with Gasteiger partial charge in [-0.2, -0.15) is 15.0 Å². The number of unbranched alkanes of at least 4 members (excludes halogenated alkanes) is 4. The van der Waals surface area contributed by atoms with Gasteiger partial charge in [0.2, 0.25) is 0 Å². The number of benzene rings is 2. The van der Waals surface area contributed by atoms with Gasteiger partial charge in [0.25, 0.3) is 0 Å². The Morgan fingerprint density at radius 2 is 1.75 bits per heavy atom. The van der Waals surface area contributed by atoms with Gasteiger partial charge in [0.15, 0.2) is 0 Å². The van der Waals surface area contributed by atoms with E-state index in [1.54, 1.807) is 4.80 Å². The fourth-order valence-corrected chi connectivity index (χ4v) is 3.46. The van der Waals surface area contributed by atoms with Crippen molar-refractivity contribution in [2.45, 2.75) is 52.1 Å². The van der Waals surface area contributed by atoms with E-state index in [-0.39, 0.29) is 0 Å². The van der Waals surface area contributed by atoms with Crippen LogP contribution in [0.5, 0.6) is 0 Å². The average molecular weight is 397 g/mol. The van der Waals surface area contributed by atoms with Gasteiger partial charge in [-0.25, -0.2) is 0 Å². The van der Waals surface area contributed by atoms with Gasteiger partial charge in [-0.05, 0) is 30.7 Å². The van der Waals surface area contributed by atoms with Gasteiger partial charge in [0, 0.05) is 17.1 Å². The summed E-state index contributed by atoms with van der Waals surface area (Å²) in [7, 11) is 0. The molecule has 0 aliphatic heterocycles. The van der Waals surface area contributed by atoms with E-state index in [0.29, 0.717) is 6.54 Å². The van der Waals surface area contributed by atoms with Gasteiger partial charge in [0.1, 0.15) is 11.4 Å². The number of nitrogens with zero attached hydrogens (tertiary/aromatic N) is 3. The Kier molecular flexibility index (Phi) is 8.07. The summed E-state index contributed by atoms with van der Waals surface area (Å²) in [6.45, 7) is 4.60. The predicted octanol–water partition coefficient (Wildman–Crippen LogP) is 5.71. The molecule has 0 aliphatic carbocycles. The Morgan fingerprint density at radius 1 is 0.929 bits per heavy atom. The smallest absolute Gasteiger partial charge is 0.117 e. The highest BCUT2D eigenvalue weighted by Gasteiger charge is 2.13. The fraction of sp³-hybridized carbons (Fsp3) is 0.391. The van der Waals surface area contributed by atoms with Crippen LogP contribution < -0.4 is 5.32 Å². The lowest BCUT2D eigenvalue weighted by Gasteiger charge is -2.04. The molecule has 1 N–H and O–H groups in total. The summed E-state index contributed by atoms with van der Waals surface area (Å²) in [5, 5.41) is 13.8. The van der Waals surface area contributed by atoms with Crippen LogP contribution in [0.4, 0.5) is 0 Å². The van der Waals surface area contributed by atoms with Crippen LogP contribution >= 0.6 is 11.6 Å². The van der Waals surface area contributed by atoms with Crippen molar-refractivity contribution < 1.29 is 0 Å². The minimum atomic E-state index is 0.609. The Balaban J connectivity index is 1.67. The third-order valence-corrected chi connectivity index (χ3v) is 4.97. The van der Waals surface area contributed by atoms with Crippen molar-refractivity contribution in [3.63, 3.8) is 0 Å². The predicted molar refractivity (Wildman–Crippen MR) is 116 cm³/mol. The zero-order valence-electron chi connectivity index (χ0n) is 16.6. The zero-order chi connectivity index (χ0) is 19.6. The van der Waals surface area contributed by atoms with Crippen molar-refractivity contribution in [3.8, 4) is 11.3 Å². The van der Waals surface area contributed by atoms with Crippen molar-refractivity contribution in [2.75, 3.05) is 6.54 Å². The maximum absolute atomic E-state index is 6.11. The average Bonchev–Trinajstić information content (AvgIpc) is 3.10. The highest BCUT2D eigenvalue weighted by atomic mass is 35.5. The van der Waals surface area contributed by atoms with Gasteiger partial charge >= 0.3 is 0 Å². The Morgan fingerprint density at radius 3 is 2.54 bits per heavy atom. The van der Waals surface area contributed by atoms with E-state index in [2.05, 4.69) is 24.4 Å². The summed E-state index contributed by atoms with van der Waals surface area (Å²) in [5.74, 6) is 0. The van der Waals surface area contributed by atoms with Gasteiger partial charge in [-0.15, -0.1) is 0 Å². The lowest BCUT2D eigenvalue weighted by Crippen LogP contribution is -2.16. The molecule has 4 nitrogen and oxygen atoms in total. The Bertz CT molecular complexity index is 845. The SMILES string of the molecule is CCCCCCCNCc1nn(Cc2cccc(Cl)c2)nc1-c1ccccc1. The monoisotopic (exact) mass is 396 g/mol. The number of hydrogen-bond acceptors (Lipinski definition) is 3. The van der Waals surface area contributed by atoms with Crippen LogP contribution in [-0.4, -0.2) is 21.5 Å². The first-order valence-corrected chi connectivity index (χ1v) is 10.6. The fourth-order valence-electron chi connectivity index (χ4n) is 3.25. The minimum Gasteiger partial charge on any atom is -0.311 e. The number of halogens is 1. The standard InChI is InChI=1S/C23H29ClN4/c1-2-3-4-5-9-15-25-17-22-23(20-12-7-6-8-13-20)27-28(26-22)18-19-11-10-14-21(24)16-19/h6-8,10-14,16,25H,2-5,9,15,17-18H2,1H3. The molecule has 0 bridgehead atoms. The highest BCUT2D eigenvalue weighted by Crippen LogP contribution is 2.20. The van der Waals surface area contributed by atoms with E-state index in [0.717, 1.165) is 40.6 Å². The van der Waals surface area contributed by atoms with Gasteiger partial charge in [-0.1, -0.05) is 86.7 Å². The maximum Gasteiger partial charge on any atom is 0.117 e. The van der Waals surface area contributed by atoms with Crippen LogP contribution in [0.1, 0.15) is 50.3 Å². The van der Waals surface area contributed by atoms with Crippen molar-refractivity contribution in [2.24, 2.45) is 0 Å². The van der Waals surface area contributed by atoms with Crippen molar-refractivity contribution in [1.29, 1.82) is 0 Å². The summed E-state index contributed by atoms with van der Waals surface area (Å²) < 4.78 is 0. The molecule has 0 spiro atoms. The van der Waals surface area contributed by atoms with Crippen molar-refractivity contribution >= 4 is 11.6 Å². The molecule has 0 amide bonds. The zero-order valence-corrected chi connectivity index (χ0v) is 17.3. The summed E-state index contributed by atoms with van der Waals surface area (Å²) in [4.78, 5) is 1.77. The molecule has 0 radical (unpaired) electrons. The molecule has 1 heterocycles. The second kappa shape index (κ2) is 11.0. The Labute approximate surface area is 172 Å². The Hall–Kier alpha value is -2.17. The number of hydrogen-bond donors (Lipinski definition) is 1. The normalized spacial score (nSPS) is 11.1. The van der Waals surface area contributed by atoms with Crippen molar-refractivity contribution in [3.05, 3.63) is 70.9 Å². The second-order valence-electron chi connectivity index (χ2n) is 7.11. The molecule has 5 heteroatoms. The van der Waals surface area contributed by atoms with E-state index in [4.69, 9.17) is 21.8 Å². The lowest BCUT2D eigenvalue weighted by atomic mass is 10.1. The van der Waals surface area contributed by atoms with E-state index >= 15 is 0 Å². The molecule has 0 atom stereocenters. The summed E-state index contributed by atoms with van der Waals surface area (Å²) in [6, 6.07) is 18.1. The number of rotatable bonds is 11.